The lowest BCUT2D eigenvalue weighted by Crippen LogP contribution is -2.38. The molecule has 1 aromatic heterocycles. The summed E-state index contributed by atoms with van der Waals surface area (Å²) in [7, 11) is -14.5. The van der Waals surface area contributed by atoms with Gasteiger partial charge in [-0.25, -0.2) is 8.42 Å². The number of thioether (sulfide) groups is 2. The van der Waals surface area contributed by atoms with E-state index in [1.807, 2.05) is 85.0 Å². The molecular weight excluding hydrogens is 1110 g/mol. The first-order chi connectivity index (χ1) is 36.0. The predicted octanol–water partition coefficient (Wildman–Crippen LogP) is 10.6. The van der Waals surface area contributed by atoms with E-state index in [-0.39, 0.29) is 33.2 Å². The van der Waals surface area contributed by atoms with Crippen molar-refractivity contribution >= 4 is 98.3 Å². The van der Waals surface area contributed by atoms with Gasteiger partial charge in [0.15, 0.2) is 0 Å². The van der Waals surface area contributed by atoms with Crippen LogP contribution in [0.3, 0.4) is 0 Å². The molecule has 1 saturated heterocycles. The van der Waals surface area contributed by atoms with Gasteiger partial charge in [-0.2, -0.15) is 16.8 Å². The molecule has 4 heterocycles. The van der Waals surface area contributed by atoms with E-state index in [1.165, 1.54) is 48.2 Å². The molecule has 0 amide bonds. The van der Waals surface area contributed by atoms with E-state index in [1.54, 1.807) is 59.5 Å². The quantitative estimate of drug-likeness (QED) is 0.0676. The molecule has 390 valence electrons. The molecule has 2 unspecified atom stereocenters. The largest absolute Gasteiger partial charge is 0.744 e. The van der Waals surface area contributed by atoms with Gasteiger partial charge in [-0.1, -0.05) is 102 Å². The SMILES string of the molecule is CN1C2CCC1/C(=C\C=C1/C=C(c3ccc(S(=O)(=O)O)cc3)C=C(c3ccc(S(=O)(=O)O)cc3)S1)C(Sc1ccc(CC(=O)O)cc1)=C2/C=C/c1cc(-c2ccc(S(=O)(=O)[O-])cc2)cc(-c2ccccc2)[s+]1.O=S(=O)=O. The summed E-state index contributed by atoms with van der Waals surface area (Å²) in [6, 6.07) is 39.2. The maximum atomic E-state index is 11.9. The van der Waals surface area contributed by atoms with Crippen LogP contribution in [-0.4, -0.2) is 86.6 Å². The molecule has 0 saturated carbocycles. The number of nitrogens with zero attached hydrogens (tertiary/aromatic N) is 1. The van der Waals surface area contributed by atoms with Crippen LogP contribution in [0, 0.1) is 0 Å². The van der Waals surface area contributed by atoms with Crippen LogP contribution in [0.15, 0.2) is 210 Å². The van der Waals surface area contributed by atoms with Crippen LogP contribution >= 0.6 is 34.9 Å². The molecule has 76 heavy (non-hydrogen) atoms. The number of likely N-dealkylation sites (N-methyl/N-ethyl adjacent to an activating group) is 1. The lowest BCUT2D eigenvalue weighted by Gasteiger charge is -2.36. The van der Waals surface area contributed by atoms with Crippen molar-refractivity contribution in [3.8, 4) is 21.6 Å². The number of allylic oxidation sites excluding steroid dienone is 5. The van der Waals surface area contributed by atoms with Gasteiger partial charge < -0.3 is 9.66 Å². The molecular formula is C54H43NO14S7. The molecule has 3 N–H and O–H groups in total. The third-order valence-corrected chi connectivity index (χ3v) is 18.3. The first-order valence-electron chi connectivity index (χ1n) is 22.7. The highest BCUT2D eigenvalue weighted by Gasteiger charge is 2.41. The number of carboxylic acid groups (broad SMARTS) is 1. The Balaban J connectivity index is 0.00000185. The molecule has 3 aliphatic rings. The lowest BCUT2D eigenvalue weighted by molar-refractivity contribution is -0.136. The molecule has 0 spiro atoms. The Hall–Kier alpha value is -6.41. The van der Waals surface area contributed by atoms with Crippen molar-refractivity contribution in [3.05, 3.63) is 212 Å². The first kappa shape index (κ1) is 55.8. The summed E-state index contributed by atoms with van der Waals surface area (Å²) >= 11 is 4.64. The number of fused-ring (bicyclic) bond motifs is 2. The van der Waals surface area contributed by atoms with Gasteiger partial charge in [-0.15, -0.1) is 12.6 Å². The van der Waals surface area contributed by atoms with Crippen LogP contribution in [0.5, 0.6) is 0 Å². The molecule has 5 aromatic carbocycles. The minimum absolute atomic E-state index is 0.0301. The second-order valence-electron chi connectivity index (χ2n) is 17.3. The highest BCUT2D eigenvalue weighted by atomic mass is 32.2. The minimum atomic E-state index is -4.64. The highest BCUT2D eigenvalue weighted by molar-refractivity contribution is 8.12. The lowest BCUT2D eigenvalue weighted by atomic mass is 9.96. The van der Waals surface area contributed by atoms with Gasteiger partial charge in [0, 0.05) is 55.5 Å². The van der Waals surface area contributed by atoms with Gasteiger partial charge >= 0.3 is 16.6 Å². The van der Waals surface area contributed by atoms with Gasteiger partial charge in [0.2, 0.25) is 21.1 Å². The first-order valence-corrected chi connectivity index (χ1v) is 30.4. The summed E-state index contributed by atoms with van der Waals surface area (Å²) < 4.78 is 128. The van der Waals surface area contributed by atoms with Crippen molar-refractivity contribution in [1.29, 1.82) is 0 Å². The number of hydrogen-bond acceptors (Lipinski definition) is 14. The molecule has 22 heteroatoms. The molecule has 9 rings (SSSR count). The average molecular weight is 1150 g/mol. The van der Waals surface area contributed by atoms with Gasteiger partial charge in [-0.05, 0) is 143 Å². The minimum Gasteiger partial charge on any atom is -0.744 e. The average Bonchev–Trinajstić information content (AvgIpc) is 3.67. The molecule has 15 nitrogen and oxygen atoms in total. The zero-order valence-corrected chi connectivity index (χ0v) is 45.4. The Bertz CT molecular complexity index is 3890. The fraction of sp³-hybridized carbons (Fsp3) is 0.111. The Morgan fingerprint density at radius 1 is 0.697 bits per heavy atom. The summed E-state index contributed by atoms with van der Waals surface area (Å²) in [6.45, 7) is 0. The van der Waals surface area contributed by atoms with Crippen molar-refractivity contribution in [2.24, 2.45) is 0 Å². The summed E-state index contributed by atoms with van der Waals surface area (Å²) in [5.74, 6) is -0.926. The number of carbonyl (C=O) groups is 1. The second-order valence-corrected chi connectivity index (χ2v) is 25.2. The monoisotopic (exact) mass is 1150 g/mol. The van der Waals surface area contributed by atoms with Crippen molar-refractivity contribution in [1.82, 2.24) is 4.90 Å². The molecule has 6 aromatic rings. The van der Waals surface area contributed by atoms with E-state index in [0.717, 1.165) is 75.6 Å². The molecule has 1 fully saturated rings. The van der Waals surface area contributed by atoms with Gasteiger partial charge in [0.1, 0.15) is 10.1 Å². The molecule has 2 atom stereocenters. The van der Waals surface area contributed by atoms with Crippen LogP contribution in [0.2, 0.25) is 0 Å². The zero-order valence-electron chi connectivity index (χ0n) is 39.7. The Kier molecular flexibility index (Phi) is 17.2. The fourth-order valence-corrected chi connectivity index (χ4v) is 13.4. The Morgan fingerprint density at radius 3 is 1.84 bits per heavy atom. The number of aliphatic carboxylic acids is 1. The second kappa shape index (κ2) is 23.5. The van der Waals surface area contributed by atoms with Gasteiger partial charge in [0.25, 0.3) is 20.2 Å². The van der Waals surface area contributed by atoms with Gasteiger partial charge in [0.05, 0.1) is 21.1 Å². The van der Waals surface area contributed by atoms with Crippen LogP contribution in [0.25, 0.3) is 38.1 Å². The van der Waals surface area contributed by atoms with E-state index >= 15 is 0 Å². The molecule has 0 aliphatic carbocycles. The van der Waals surface area contributed by atoms with Crippen molar-refractivity contribution in [3.63, 3.8) is 0 Å². The van der Waals surface area contributed by atoms with Crippen LogP contribution in [0.1, 0.15) is 34.4 Å². The highest BCUT2D eigenvalue weighted by Crippen LogP contribution is 2.49. The predicted molar refractivity (Wildman–Crippen MR) is 294 cm³/mol. The van der Waals surface area contributed by atoms with Crippen molar-refractivity contribution in [2.75, 3.05) is 7.05 Å². The summed E-state index contributed by atoms with van der Waals surface area (Å²) in [5.41, 5.74) is 7.41. The standard InChI is InChI=1S/C54H43NO11S6.O3S/c1-55-49-27-28-50(55)48(26-18-43-31-40(36-11-21-45(22-12-36)71(61,62)63)33-52(68-43)38-13-23-46(24-14-38)72(64,65)66)54(69-41-15-7-34(8-16-41)29-53(56)57)47(49)25-17-42-30-39(32-51(67-42)37-5-3-2-4-6-37)35-9-19-44(20-10-35)70(58,59)60;1-4(2)3/h2-26,30-33,49-50H,27-29H2,1H3,(H3-,56,57,58,59,60,61,62,63,64,65,66);. The van der Waals surface area contributed by atoms with E-state index in [0.29, 0.717) is 16.7 Å². The Morgan fingerprint density at radius 2 is 1.26 bits per heavy atom. The number of rotatable bonds is 14. The number of benzene rings is 5. The van der Waals surface area contributed by atoms with Crippen molar-refractivity contribution < 1.29 is 61.4 Å². The van der Waals surface area contributed by atoms with E-state index in [4.69, 9.17) is 12.6 Å². The van der Waals surface area contributed by atoms with Crippen LogP contribution in [0.4, 0.5) is 0 Å². The van der Waals surface area contributed by atoms with E-state index in [2.05, 4.69) is 30.2 Å². The third kappa shape index (κ3) is 13.9. The zero-order chi connectivity index (χ0) is 54.5. The van der Waals surface area contributed by atoms with Crippen molar-refractivity contribution in [2.45, 2.75) is 50.9 Å². The van der Waals surface area contributed by atoms with Gasteiger partial charge in [-0.3, -0.25) is 18.8 Å². The number of carboxylic acids is 1. The summed E-state index contributed by atoms with van der Waals surface area (Å²) in [4.78, 5) is 18.5. The maximum absolute atomic E-state index is 11.9. The van der Waals surface area contributed by atoms with Crippen LogP contribution < -0.4 is 0 Å². The third-order valence-electron chi connectivity index (χ3n) is 12.4. The topological polar surface area (TPSA) is 258 Å². The van der Waals surface area contributed by atoms with E-state index < -0.39 is 46.9 Å². The summed E-state index contributed by atoms with van der Waals surface area (Å²) in [5, 5.41) is 9.48. The number of hydrogen-bond donors (Lipinski definition) is 3. The fourth-order valence-electron chi connectivity index (χ4n) is 8.82. The summed E-state index contributed by atoms with van der Waals surface area (Å²) in [6.07, 6.45) is 13.9. The van der Waals surface area contributed by atoms with Crippen LogP contribution in [-0.2, 0) is 52.2 Å². The molecule has 0 radical (unpaired) electrons. The molecule has 2 bridgehead atoms. The van der Waals surface area contributed by atoms with E-state index in [9.17, 15) is 48.8 Å². The smallest absolute Gasteiger partial charge is 0.425 e. The maximum Gasteiger partial charge on any atom is 0.425 e. The Labute approximate surface area is 453 Å². The molecule has 3 aliphatic heterocycles. The normalized spacial score (nSPS) is 18.1.